The van der Waals surface area contributed by atoms with Gasteiger partial charge in [0, 0.05) is 12.0 Å². The van der Waals surface area contributed by atoms with Crippen molar-refractivity contribution in [3.8, 4) is 22.5 Å². The Morgan fingerprint density at radius 1 is 1.09 bits per heavy atom. The number of pyridine rings is 1. The van der Waals surface area contributed by atoms with Gasteiger partial charge in [-0.05, 0) is 41.3 Å². The normalized spacial score (nSPS) is 11.2. The SMILES string of the molecule is CCc1nc2c(C)cc(C(=O)OC)nc2n1Cc1ccc(-c2ccccc2)c(-c2noc(=O)[nH]2)c1. The topological polar surface area (TPSA) is 116 Å². The lowest BCUT2D eigenvalue weighted by atomic mass is 9.97. The Bertz CT molecular complexity index is 1600. The van der Waals surface area contributed by atoms with Crippen molar-refractivity contribution >= 4 is 17.1 Å². The molecule has 0 amide bonds. The van der Waals surface area contributed by atoms with Crippen LogP contribution in [0.2, 0.25) is 0 Å². The number of hydrogen-bond acceptors (Lipinski definition) is 7. The first-order valence-corrected chi connectivity index (χ1v) is 11.2. The molecule has 1 N–H and O–H groups in total. The van der Waals surface area contributed by atoms with Gasteiger partial charge in [0.05, 0.1) is 13.7 Å². The zero-order chi connectivity index (χ0) is 24.5. The molecule has 9 nitrogen and oxygen atoms in total. The lowest BCUT2D eigenvalue weighted by Gasteiger charge is -2.13. The molecule has 0 saturated carbocycles. The first-order valence-electron chi connectivity index (χ1n) is 11.2. The number of benzene rings is 2. The van der Waals surface area contributed by atoms with Gasteiger partial charge in [-0.3, -0.25) is 9.51 Å². The zero-order valence-corrected chi connectivity index (χ0v) is 19.5. The van der Waals surface area contributed by atoms with E-state index in [4.69, 9.17) is 14.2 Å². The number of nitrogens with one attached hydrogen (secondary N) is 1. The fourth-order valence-corrected chi connectivity index (χ4v) is 4.22. The maximum absolute atomic E-state index is 12.2. The number of H-pyrrole nitrogens is 1. The number of methoxy groups -OCH3 is 1. The minimum atomic E-state index is -0.617. The van der Waals surface area contributed by atoms with Gasteiger partial charge < -0.3 is 9.30 Å². The third-order valence-electron chi connectivity index (χ3n) is 5.89. The number of nitrogens with zero attached hydrogens (tertiary/aromatic N) is 4. The number of carbonyl (C=O) groups is 1. The molecule has 5 rings (SSSR count). The van der Waals surface area contributed by atoms with Gasteiger partial charge >= 0.3 is 11.7 Å². The number of rotatable bonds is 6. The van der Waals surface area contributed by atoms with Crippen LogP contribution in [0.15, 0.2) is 63.9 Å². The maximum atomic E-state index is 12.2. The molecule has 0 aliphatic rings. The van der Waals surface area contributed by atoms with Crippen LogP contribution in [0.25, 0.3) is 33.7 Å². The molecule has 0 aliphatic heterocycles. The second-order valence-corrected chi connectivity index (χ2v) is 8.15. The summed E-state index contributed by atoms with van der Waals surface area (Å²) in [6, 6.07) is 17.5. The van der Waals surface area contributed by atoms with Crippen molar-refractivity contribution in [2.24, 2.45) is 0 Å². The minimum Gasteiger partial charge on any atom is -0.464 e. The average Bonchev–Trinajstić information content (AvgIpc) is 3.47. The fourth-order valence-electron chi connectivity index (χ4n) is 4.22. The molecule has 3 aromatic heterocycles. The standard InChI is InChI=1S/C26H23N5O4/c1-4-21-28-22-15(2)12-20(25(32)34-3)27-24(22)31(21)14-16-10-11-18(17-8-6-5-7-9-17)19(13-16)23-29-26(33)35-30-23/h5-13H,4,14H2,1-3H3,(H,29,30,33). The van der Waals surface area contributed by atoms with E-state index in [0.29, 0.717) is 24.4 Å². The predicted octanol–water partition coefficient (Wildman–Crippen LogP) is 4.15. The molecule has 0 saturated heterocycles. The fraction of sp³-hybridized carbons (Fsp3) is 0.192. The predicted molar refractivity (Wildman–Crippen MR) is 130 cm³/mol. The number of aromatic nitrogens is 5. The van der Waals surface area contributed by atoms with E-state index in [2.05, 4.69) is 15.1 Å². The van der Waals surface area contributed by atoms with E-state index in [1.54, 1.807) is 6.07 Å². The van der Waals surface area contributed by atoms with Gasteiger partial charge in [0.2, 0.25) is 0 Å². The van der Waals surface area contributed by atoms with E-state index in [9.17, 15) is 9.59 Å². The molecule has 0 unspecified atom stereocenters. The molecule has 176 valence electrons. The molecule has 9 heteroatoms. The van der Waals surface area contributed by atoms with Crippen molar-refractivity contribution in [3.05, 3.63) is 87.8 Å². The van der Waals surface area contributed by atoms with Crippen LogP contribution >= 0.6 is 0 Å². The van der Waals surface area contributed by atoms with Crippen LogP contribution in [-0.2, 0) is 17.7 Å². The molecule has 5 aromatic rings. The number of fused-ring (bicyclic) bond motifs is 1. The third-order valence-corrected chi connectivity index (χ3v) is 5.89. The second kappa shape index (κ2) is 9.02. The monoisotopic (exact) mass is 469 g/mol. The van der Waals surface area contributed by atoms with Gasteiger partial charge in [-0.1, -0.05) is 54.5 Å². The first kappa shape index (κ1) is 22.3. The van der Waals surface area contributed by atoms with E-state index in [0.717, 1.165) is 39.2 Å². The van der Waals surface area contributed by atoms with Crippen molar-refractivity contribution in [1.82, 2.24) is 24.7 Å². The maximum Gasteiger partial charge on any atom is 0.439 e. The number of carbonyl (C=O) groups excluding carboxylic acids is 1. The summed E-state index contributed by atoms with van der Waals surface area (Å²) in [6.07, 6.45) is 0.689. The zero-order valence-electron chi connectivity index (χ0n) is 19.5. The van der Waals surface area contributed by atoms with Gasteiger partial charge in [-0.2, -0.15) is 0 Å². The molecule has 0 bridgehead atoms. The van der Waals surface area contributed by atoms with Crippen molar-refractivity contribution in [3.63, 3.8) is 0 Å². The molecule has 0 spiro atoms. The van der Waals surface area contributed by atoms with Crippen LogP contribution in [0.4, 0.5) is 0 Å². The van der Waals surface area contributed by atoms with Crippen LogP contribution in [-0.4, -0.2) is 37.8 Å². The quantitative estimate of drug-likeness (QED) is 0.371. The van der Waals surface area contributed by atoms with Crippen LogP contribution in [0.3, 0.4) is 0 Å². The summed E-state index contributed by atoms with van der Waals surface area (Å²) in [5.74, 6) is 0.0867. The molecular formula is C26H23N5O4. The van der Waals surface area contributed by atoms with Crippen LogP contribution in [0, 0.1) is 6.92 Å². The number of hydrogen-bond donors (Lipinski definition) is 1. The van der Waals surface area contributed by atoms with Crippen molar-refractivity contribution in [1.29, 1.82) is 0 Å². The van der Waals surface area contributed by atoms with Crippen LogP contribution in [0.1, 0.15) is 34.4 Å². The second-order valence-electron chi connectivity index (χ2n) is 8.15. The van der Waals surface area contributed by atoms with Crippen molar-refractivity contribution in [2.45, 2.75) is 26.8 Å². The minimum absolute atomic E-state index is 0.238. The van der Waals surface area contributed by atoms with Gasteiger partial charge in [-0.15, -0.1) is 0 Å². The molecule has 3 heterocycles. The van der Waals surface area contributed by atoms with E-state index in [1.807, 2.05) is 66.9 Å². The van der Waals surface area contributed by atoms with E-state index in [1.165, 1.54) is 7.11 Å². The van der Waals surface area contributed by atoms with Crippen LogP contribution in [0.5, 0.6) is 0 Å². The molecule has 35 heavy (non-hydrogen) atoms. The average molecular weight is 470 g/mol. The molecule has 2 aromatic carbocycles. The Morgan fingerprint density at radius 2 is 1.89 bits per heavy atom. The number of esters is 1. The number of aromatic amines is 1. The highest BCUT2D eigenvalue weighted by Gasteiger charge is 2.19. The Morgan fingerprint density at radius 3 is 2.57 bits per heavy atom. The summed E-state index contributed by atoms with van der Waals surface area (Å²) in [6.45, 7) is 4.39. The Balaban J connectivity index is 1.65. The summed E-state index contributed by atoms with van der Waals surface area (Å²) in [5, 5.41) is 3.92. The smallest absolute Gasteiger partial charge is 0.439 e. The van der Waals surface area contributed by atoms with E-state index in [-0.39, 0.29) is 5.69 Å². The van der Waals surface area contributed by atoms with Crippen molar-refractivity contribution in [2.75, 3.05) is 7.11 Å². The number of ether oxygens (including phenoxy) is 1. The highest BCUT2D eigenvalue weighted by atomic mass is 16.5. The highest BCUT2D eigenvalue weighted by Crippen LogP contribution is 2.31. The molecule has 0 radical (unpaired) electrons. The van der Waals surface area contributed by atoms with Gasteiger partial charge in [0.1, 0.15) is 11.3 Å². The number of aryl methyl sites for hydroxylation is 2. The van der Waals surface area contributed by atoms with E-state index < -0.39 is 11.7 Å². The van der Waals surface area contributed by atoms with Gasteiger partial charge in [0.25, 0.3) is 0 Å². The highest BCUT2D eigenvalue weighted by molar-refractivity contribution is 5.91. The summed E-state index contributed by atoms with van der Waals surface area (Å²) >= 11 is 0. The lowest BCUT2D eigenvalue weighted by molar-refractivity contribution is 0.0594. The molecule has 0 aliphatic carbocycles. The van der Waals surface area contributed by atoms with Crippen molar-refractivity contribution < 1.29 is 14.1 Å². The lowest BCUT2D eigenvalue weighted by Crippen LogP contribution is -2.09. The summed E-state index contributed by atoms with van der Waals surface area (Å²) in [5.41, 5.74) is 6.03. The largest absolute Gasteiger partial charge is 0.464 e. The summed E-state index contributed by atoms with van der Waals surface area (Å²) in [4.78, 5) is 35.9. The Hall–Kier alpha value is -4.53. The summed E-state index contributed by atoms with van der Waals surface area (Å²) < 4.78 is 11.7. The Kier molecular flexibility index (Phi) is 5.74. The third kappa shape index (κ3) is 4.12. The van der Waals surface area contributed by atoms with Crippen LogP contribution < -0.4 is 5.76 Å². The van der Waals surface area contributed by atoms with E-state index >= 15 is 0 Å². The van der Waals surface area contributed by atoms with Gasteiger partial charge in [0.15, 0.2) is 17.2 Å². The Labute approximate surface area is 200 Å². The molecular weight excluding hydrogens is 446 g/mol. The number of imidazole rings is 1. The molecule has 0 fully saturated rings. The molecule has 0 atom stereocenters. The van der Waals surface area contributed by atoms with Gasteiger partial charge in [-0.25, -0.2) is 19.6 Å². The first-order chi connectivity index (χ1) is 17.0. The summed E-state index contributed by atoms with van der Waals surface area (Å²) in [7, 11) is 1.34.